The van der Waals surface area contributed by atoms with Gasteiger partial charge in [-0.3, -0.25) is 9.59 Å². The minimum absolute atomic E-state index is 0.0632. The Morgan fingerprint density at radius 2 is 1.96 bits per heavy atom. The Kier molecular flexibility index (Phi) is 3.84. The molecule has 5 heteroatoms. The second-order valence-corrected chi connectivity index (χ2v) is 6.48. The van der Waals surface area contributed by atoms with E-state index in [9.17, 15) is 9.59 Å². The highest BCUT2D eigenvalue weighted by Crippen LogP contribution is 2.32. The number of amides is 1. The molecule has 1 aliphatic rings. The zero-order valence-electron chi connectivity index (χ0n) is 14.0. The van der Waals surface area contributed by atoms with Crippen molar-refractivity contribution in [2.45, 2.75) is 32.2 Å². The highest BCUT2D eigenvalue weighted by molar-refractivity contribution is 5.96. The fraction of sp³-hybridized carbons (Fsp3) is 0.250. The Morgan fingerprint density at radius 3 is 2.84 bits per heavy atom. The van der Waals surface area contributed by atoms with Crippen molar-refractivity contribution in [3.05, 3.63) is 70.3 Å². The number of fused-ring (bicyclic) bond motifs is 2. The number of para-hydroxylation sites is 2. The number of hydrogen-bond donors (Lipinski definition) is 1. The van der Waals surface area contributed by atoms with E-state index in [1.807, 2.05) is 41.3 Å². The third kappa shape index (κ3) is 2.82. The van der Waals surface area contributed by atoms with E-state index >= 15 is 0 Å². The Balaban J connectivity index is 1.54. The van der Waals surface area contributed by atoms with Crippen LogP contribution in [0.4, 0.5) is 5.69 Å². The summed E-state index contributed by atoms with van der Waals surface area (Å²) in [4.78, 5) is 34.0. The SMILES string of the molecule is C[C@H]1Cc2ccccc2N1C(=O)CCc1nc2ccccc2c(=O)[nH]1. The van der Waals surface area contributed by atoms with Gasteiger partial charge in [0, 0.05) is 24.6 Å². The van der Waals surface area contributed by atoms with Crippen LogP contribution in [0.25, 0.3) is 10.9 Å². The molecule has 25 heavy (non-hydrogen) atoms. The van der Waals surface area contributed by atoms with Crippen LogP contribution in [0.3, 0.4) is 0 Å². The van der Waals surface area contributed by atoms with E-state index in [1.165, 1.54) is 5.56 Å². The number of carbonyl (C=O) groups excluding carboxylic acids is 1. The van der Waals surface area contributed by atoms with Crippen LogP contribution < -0.4 is 10.5 Å². The number of rotatable bonds is 3. The van der Waals surface area contributed by atoms with E-state index < -0.39 is 0 Å². The Labute approximate surface area is 145 Å². The quantitative estimate of drug-likeness (QED) is 0.801. The second kappa shape index (κ2) is 6.16. The maximum Gasteiger partial charge on any atom is 0.258 e. The van der Waals surface area contributed by atoms with Gasteiger partial charge in [-0.25, -0.2) is 4.98 Å². The lowest BCUT2D eigenvalue weighted by Crippen LogP contribution is -2.36. The first kappa shape index (κ1) is 15.6. The van der Waals surface area contributed by atoms with Crippen LogP contribution in [-0.4, -0.2) is 21.9 Å². The van der Waals surface area contributed by atoms with Crippen LogP contribution in [0.1, 0.15) is 24.7 Å². The van der Waals surface area contributed by atoms with E-state index in [2.05, 4.69) is 23.0 Å². The summed E-state index contributed by atoms with van der Waals surface area (Å²) in [6, 6.07) is 15.4. The number of H-pyrrole nitrogens is 1. The molecule has 0 fully saturated rings. The van der Waals surface area contributed by atoms with Crippen molar-refractivity contribution in [3.63, 3.8) is 0 Å². The third-order valence-corrected chi connectivity index (χ3v) is 4.71. The molecule has 1 aliphatic heterocycles. The molecule has 1 amide bonds. The van der Waals surface area contributed by atoms with Gasteiger partial charge in [0.1, 0.15) is 5.82 Å². The predicted octanol–water partition coefficient (Wildman–Crippen LogP) is 2.83. The number of benzene rings is 2. The Hall–Kier alpha value is -2.95. The summed E-state index contributed by atoms with van der Waals surface area (Å²) in [5.74, 6) is 0.616. The fourth-order valence-electron chi connectivity index (χ4n) is 3.54. The van der Waals surface area contributed by atoms with Gasteiger partial charge in [0.15, 0.2) is 0 Å². The predicted molar refractivity (Wildman–Crippen MR) is 97.8 cm³/mol. The molecular weight excluding hydrogens is 314 g/mol. The minimum atomic E-state index is -0.159. The molecule has 0 spiro atoms. The van der Waals surface area contributed by atoms with Crippen molar-refractivity contribution in [1.82, 2.24) is 9.97 Å². The number of nitrogens with zero attached hydrogens (tertiary/aromatic N) is 2. The Bertz CT molecular complexity index is 1010. The molecule has 0 saturated carbocycles. The molecule has 0 bridgehead atoms. The van der Waals surface area contributed by atoms with Gasteiger partial charge in [-0.15, -0.1) is 0 Å². The zero-order chi connectivity index (χ0) is 17.4. The molecule has 1 N–H and O–H groups in total. The summed E-state index contributed by atoms with van der Waals surface area (Å²) < 4.78 is 0. The standard InChI is InChI=1S/C20H19N3O2/c1-13-12-14-6-2-5-9-17(14)23(13)19(24)11-10-18-21-16-8-4-3-7-15(16)20(25)22-18/h2-9,13H,10-12H2,1H3,(H,21,22,25)/t13-/m0/s1. The summed E-state index contributed by atoms with van der Waals surface area (Å²) >= 11 is 0. The van der Waals surface area contributed by atoms with Crippen LogP contribution >= 0.6 is 0 Å². The molecule has 1 atom stereocenters. The number of anilines is 1. The van der Waals surface area contributed by atoms with Crippen LogP contribution in [0.15, 0.2) is 53.3 Å². The first-order chi connectivity index (χ1) is 12.1. The average Bonchev–Trinajstić information content (AvgIpc) is 2.95. The van der Waals surface area contributed by atoms with E-state index in [0.717, 1.165) is 12.1 Å². The number of carbonyl (C=O) groups is 1. The molecule has 0 aliphatic carbocycles. The van der Waals surface area contributed by atoms with Gasteiger partial charge in [0.05, 0.1) is 10.9 Å². The van der Waals surface area contributed by atoms with Crippen molar-refractivity contribution in [3.8, 4) is 0 Å². The number of nitrogens with one attached hydrogen (secondary N) is 1. The van der Waals surface area contributed by atoms with Gasteiger partial charge < -0.3 is 9.88 Å². The first-order valence-corrected chi connectivity index (χ1v) is 8.51. The Morgan fingerprint density at radius 1 is 1.20 bits per heavy atom. The number of aromatic nitrogens is 2. The zero-order valence-corrected chi connectivity index (χ0v) is 14.0. The lowest BCUT2D eigenvalue weighted by atomic mass is 10.1. The van der Waals surface area contributed by atoms with Crippen LogP contribution in [0.2, 0.25) is 0 Å². The van der Waals surface area contributed by atoms with Crippen molar-refractivity contribution < 1.29 is 4.79 Å². The second-order valence-electron chi connectivity index (χ2n) is 6.48. The van der Waals surface area contributed by atoms with Crippen LogP contribution in [-0.2, 0) is 17.6 Å². The fourth-order valence-corrected chi connectivity index (χ4v) is 3.54. The maximum atomic E-state index is 12.7. The van der Waals surface area contributed by atoms with Gasteiger partial charge >= 0.3 is 0 Å². The number of aromatic amines is 1. The lowest BCUT2D eigenvalue weighted by Gasteiger charge is -2.22. The summed E-state index contributed by atoms with van der Waals surface area (Å²) in [5.41, 5.74) is 2.71. The van der Waals surface area contributed by atoms with E-state index in [0.29, 0.717) is 29.6 Å². The summed E-state index contributed by atoms with van der Waals surface area (Å²) in [6.07, 6.45) is 1.62. The van der Waals surface area contributed by atoms with Gasteiger partial charge in [0.2, 0.25) is 5.91 Å². The molecule has 3 aromatic rings. The maximum absolute atomic E-state index is 12.7. The van der Waals surface area contributed by atoms with E-state index in [1.54, 1.807) is 6.07 Å². The van der Waals surface area contributed by atoms with Crippen LogP contribution in [0.5, 0.6) is 0 Å². The van der Waals surface area contributed by atoms with Crippen molar-refractivity contribution >= 4 is 22.5 Å². The number of aryl methyl sites for hydroxylation is 1. The molecule has 2 aromatic carbocycles. The van der Waals surface area contributed by atoms with Gasteiger partial charge in [-0.2, -0.15) is 0 Å². The summed E-state index contributed by atoms with van der Waals surface area (Å²) in [5, 5.41) is 0.569. The van der Waals surface area contributed by atoms with Gasteiger partial charge in [0.25, 0.3) is 5.56 Å². The molecule has 126 valence electrons. The smallest absolute Gasteiger partial charge is 0.258 e. The van der Waals surface area contributed by atoms with Crippen LogP contribution in [0, 0.1) is 0 Å². The highest BCUT2D eigenvalue weighted by atomic mass is 16.2. The van der Waals surface area contributed by atoms with Crippen molar-refractivity contribution in [1.29, 1.82) is 0 Å². The molecule has 0 radical (unpaired) electrons. The summed E-state index contributed by atoms with van der Waals surface area (Å²) in [6.45, 7) is 2.06. The minimum Gasteiger partial charge on any atom is -0.310 e. The van der Waals surface area contributed by atoms with E-state index in [4.69, 9.17) is 0 Å². The molecule has 4 rings (SSSR count). The number of hydrogen-bond acceptors (Lipinski definition) is 3. The summed E-state index contributed by atoms with van der Waals surface area (Å²) in [7, 11) is 0. The molecule has 0 saturated heterocycles. The van der Waals surface area contributed by atoms with E-state index in [-0.39, 0.29) is 17.5 Å². The topological polar surface area (TPSA) is 66.1 Å². The normalized spacial score (nSPS) is 16.2. The molecule has 5 nitrogen and oxygen atoms in total. The monoisotopic (exact) mass is 333 g/mol. The van der Waals surface area contributed by atoms with Gasteiger partial charge in [-0.1, -0.05) is 30.3 Å². The molecule has 2 heterocycles. The lowest BCUT2D eigenvalue weighted by molar-refractivity contribution is -0.118. The average molecular weight is 333 g/mol. The van der Waals surface area contributed by atoms with Gasteiger partial charge in [-0.05, 0) is 37.1 Å². The molecular formula is C20H19N3O2. The van der Waals surface area contributed by atoms with Crippen molar-refractivity contribution in [2.24, 2.45) is 0 Å². The van der Waals surface area contributed by atoms with Crippen molar-refractivity contribution in [2.75, 3.05) is 4.90 Å². The highest BCUT2D eigenvalue weighted by Gasteiger charge is 2.30. The molecule has 0 unspecified atom stereocenters. The first-order valence-electron chi connectivity index (χ1n) is 8.51. The molecule has 1 aromatic heterocycles. The third-order valence-electron chi connectivity index (χ3n) is 4.71. The largest absolute Gasteiger partial charge is 0.310 e.